The fourth-order valence-corrected chi connectivity index (χ4v) is 21.9. The summed E-state index contributed by atoms with van der Waals surface area (Å²) in [6, 6.07) is 156. The Morgan fingerprint density at radius 1 is 0.152 bits per heavy atom. The number of rotatable bonds is 10. The number of hydrogen-bond acceptors (Lipinski definition) is 9. The van der Waals surface area contributed by atoms with Gasteiger partial charge in [-0.25, -0.2) is 29.9 Å². The number of nitrogens with zero attached hydrogens (tertiary/aromatic N) is 8. The second-order valence-corrected chi connectivity index (χ2v) is 36.2. The molecule has 0 N–H and O–H groups in total. The van der Waals surface area contributed by atoms with Gasteiger partial charge < -0.3 is 22.4 Å². The molecule has 0 radical (unpaired) electrons. The first kappa shape index (κ1) is 77.1. The molecular formula is C127H74N8O3. The van der Waals surface area contributed by atoms with E-state index in [1.807, 2.05) is 146 Å². The molecule has 30 rings (SSSR count). The summed E-state index contributed by atoms with van der Waals surface area (Å²) >= 11 is 0. The van der Waals surface area contributed by atoms with Crippen LogP contribution in [-0.2, 0) is 6.42 Å². The van der Waals surface area contributed by atoms with Gasteiger partial charge in [0.15, 0.2) is 34.9 Å². The van der Waals surface area contributed by atoms with Gasteiger partial charge in [-0.1, -0.05) is 309 Å². The van der Waals surface area contributed by atoms with Gasteiger partial charge in [-0.2, -0.15) is 0 Å². The monoisotopic (exact) mass is 1760 g/mol. The Balaban J connectivity index is 0.000000133. The van der Waals surface area contributed by atoms with E-state index >= 15 is 0 Å². The van der Waals surface area contributed by atoms with Crippen molar-refractivity contribution >= 4 is 174 Å². The largest absolute Gasteiger partial charge is 0.456 e. The summed E-state index contributed by atoms with van der Waals surface area (Å²) in [5.74, 6) is 3.85. The minimum atomic E-state index is 0.629. The van der Waals surface area contributed by atoms with Crippen LogP contribution < -0.4 is 0 Å². The number of para-hydroxylation sites is 4. The molecule has 0 spiro atoms. The molecule has 29 aromatic rings. The lowest BCUT2D eigenvalue weighted by atomic mass is 9.93. The van der Waals surface area contributed by atoms with E-state index in [-0.39, 0.29) is 0 Å². The maximum absolute atomic E-state index is 6.45. The van der Waals surface area contributed by atoms with Crippen molar-refractivity contribution in [3.8, 4) is 113 Å². The lowest BCUT2D eigenvalue weighted by Gasteiger charge is -2.15. The number of fused-ring (bicyclic) bond motifs is 30. The average molecular weight is 1760 g/mol. The Kier molecular flexibility index (Phi) is 17.0. The van der Waals surface area contributed by atoms with Crippen molar-refractivity contribution < 1.29 is 13.3 Å². The highest BCUT2D eigenvalue weighted by atomic mass is 16.3. The number of benzene rings is 22. The number of hydrogen-bond donors (Lipinski definition) is 0. The van der Waals surface area contributed by atoms with Gasteiger partial charge in [0.2, 0.25) is 0 Å². The van der Waals surface area contributed by atoms with Crippen LogP contribution in [0.4, 0.5) is 0 Å². The van der Waals surface area contributed by atoms with Gasteiger partial charge in [-0.15, -0.1) is 0 Å². The standard InChI is InChI=1S/C64H38N4O.C63H36N4O2/c1-3-13-38(14-4-1)62-65-63(39-15-5-2-6-16-39)67-64(66-62)43-25-28-48-49-29-27-45(36-55(49)47-18-8-7-17-46(47)54(48)34-43)68-58-21-11-9-19-50(58)56-33-41(26-30-59(56)68)40-23-24-42-31-44-35-57-51-20-10-12-22-60(51)69-61(57)37-53(44)52(42)32-40;1-3-13-37(14-4-1)61-64-62(38-15-5-2-6-16-38)66-63(65-61)41-23-27-45-43-17-7-8-18-44(43)46-28-26-42(34-50(46)49(45)33-41)67-55-21-11-9-19-47(55)51-31-39(24-29-56(51)67)40-25-30-58-52(32-40)54-36-59-53(35-60(54)69-58)48-20-10-12-22-57(48)68-59/h1-30,32-37H,31H2;1-36H. The Bertz CT molecular complexity index is 10100. The van der Waals surface area contributed by atoms with E-state index in [9.17, 15) is 0 Å². The summed E-state index contributed by atoms with van der Waals surface area (Å²) in [6.07, 6.45) is 0.928. The molecule has 7 aromatic heterocycles. The lowest BCUT2D eigenvalue weighted by Crippen LogP contribution is -2.00. The van der Waals surface area contributed by atoms with Crippen molar-refractivity contribution in [3.05, 3.63) is 448 Å². The summed E-state index contributed by atoms with van der Waals surface area (Å²) in [4.78, 5) is 30.3. The van der Waals surface area contributed by atoms with Crippen LogP contribution in [0.15, 0.2) is 450 Å². The van der Waals surface area contributed by atoms with Crippen LogP contribution in [0, 0.1) is 0 Å². The minimum Gasteiger partial charge on any atom is -0.456 e. The minimum absolute atomic E-state index is 0.629. The zero-order valence-electron chi connectivity index (χ0n) is 74.1. The van der Waals surface area contributed by atoms with Gasteiger partial charge in [0, 0.05) is 98.6 Å². The van der Waals surface area contributed by atoms with E-state index in [2.05, 4.69) is 300 Å². The van der Waals surface area contributed by atoms with Gasteiger partial charge in [0.25, 0.3) is 0 Å². The van der Waals surface area contributed by atoms with Crippen LogP contribution >= 0.6 is 0 Å². The topological polar surface area (TPSA) is 127 Å². The first-order valence-electron chi connectivity index (χ1n) is 46.8. The first-order valence-corrected chi connectivity index (χ1v) is 46.8. The molecule has 0 fully saturated rings. The molecule has 0 saturated heterocycles. The number of furan rings is 3. The lowest BCUT2D eigenvalue weighted by molar-refractivity contribution is 0.664. The van der Waals surface area contributed by atoms with Gasteiger partial charge >= 0.3 is 0 Å². The van der Waals surface area contributed by atoms with Crippen molar-refractivity contribution in [3.63, 3.8) is 0 Å². The maximum Gasteiger partial charge on any atom is 0.164 e. The molecule has 640 valence electrons. The summed E-state index contributed by atoms with van der Waals surface area (Å²) in [7, 11) is 0. The van der Waals surface area contributed by atoms with E-state index in [0.29, 0.717) is 34.9 Å². The smallest absolute Gasteiger partial charge is 0.164 e. The van der Waals surface area contributed by atoms with Crippen molar-refractivity contribution in [2.24, 2.45) is 0 Å². The van der Waals surface area contributed by atoms with E-state index in [4.69, 9.17) is 43.2 Å². The van der Waals surface area contributed by atoms with Crippen LogP contribution in [0.25, 0.3) is 287 Å². The zero-order chi connectivity index (χ0) is 90.3. The van der Waals surface area contributed by atoms with E-state index in [0.717, 1.165) is 145 Å². The molecule has 0 atom stereocenters. The first-order chi connectivity index (χ1) is 68.3. The molecule has 1 aliphatic rings. The Morgan fingerprint density at radius 3 is 0.899 bits per heavy atom. The van der Waals surface area contributed by atoms with E-state index in [1.165, 1.54) is 125 Å². The van der Waals surface area contributed by atoms with Gasteiger partial charge in [-0.05, 0) is 243 Å². The third-order valence-electron chi connectivity index (χ3n) is 28.4. The molecular weight excluding hydrogens is 1690 g/mol. The molecule has 0 aliphatic heterocycles. The molecule has 1 aliphatic carbocycles. The summed E-state index contributed by atoms with van der Waals surface area (Å²) < 4.78 is 23.9. The summed E-state index contributed by atoms with van der Waals surface area (Å²) in [6.45, 7) is 0. The van der Waals surface area contributed by atoms with Crippen LogP contribution in [-0.4, -0.2) is 39.0 Å². The SMILES string of the molecule is c1ccc(-c2nc(-c3ccccc3)nc(-c3ccc4c5ccc(-n6c7ccccc7c7cc(-c8ccc9c(c8)-c8cc%10oc%11ccccc%11c%10cc8C9)ccc76)cc5c5ccccc5c4c3)n2)cc1.c1ccc(-c2nc(-c3ccccc3)nc(-c3ccc4c5ccccc5c5ccc(-n6c7ccccc7c7cc(-c8ccc9oc%10cc%11c(cc%10c9c8)oc8ccccc8%11)ccc76)cc5c4c3)n2)cc1. The number of aromatic nitrogens is 8. The average Bonchev–Trinajstić information content (AvgIpc) is 1.66. The highest BCUT2D eigenvalue weighted by Gasteiger charge is 2.27. The third-order valence-corrected chi connectivity index (χ3v) is 28.4. The van der Waals surface area contributed by atoms with Gasteiger partial charge in [-0.3, -0.25) is 0 Å². The Hall–Kier alpha value is -18.6. The zero-order valence-corrected chi connectivity index (χ0v) is 74.1. The highest BCUT2D eigenvalue weighted by molar-refractivity contribution is 6.28. The third kappa shape index (κ3) is 12.3. The van der Waals surface area contributed by atoms with Crippen molar-refractivity contribution in [2.75, 3.05) is 0 Å². The van der Waals surface area contributed by atoms with Crippen LogP contribution in [0.3, 0.4) is 0 Å². The van der Waals surface area contributed by atoms with Crippen LogP contribution in [0.2, 0.25) is 0 Å². The molecule has 11 heteroatoms. The molecule has 138 heavy (non-hydrogen) atoms. The fourth-order valence-electron chi connectivity index (χ4n) is 21.9. The molecule has 0 unspecified atom stereocenters. The highest BCUT2D eigenvalue weighted by Crippen LogP contribution is 2.49. The molecule has 0 bridgehead atoms. The molecule has 11 nitrogen and oxygen atoms in total. The van der Waals surface area contributed by atoms with Gasteiger partial charge in [0.05, 0.1) is 22.1 Å². The molecule has 22 aromatic carbocycles. The molecule has 0 saturated carbocycles. The summed E-state index contributed by atoms with van der Waals surface area (Å²) in [5.41, 5.74) is 27.8. The predicted octanol–water partition coefficient (Wildman–Crippen LogP) is 33.5. The Labute approximate surface area is 788 Å². The summed E-state index contributed by atoms with van der Waals surface area (Å²) in [5, 5.41) is 25.7. The molecule has 7 heterocycles. The van der Waals surface area contributed by atoms with Crippen molar-refractivity contribution in [1.82, 2.24) is 39.0 Å². The van der Waals surface area contributed by atoms with Crippen LogP contribution in [0.5, 0.6) is 0 Å². The van der Waals surface area contributed by atoms with E-state index < -0.39 is 0 Å². The van der Waals surface area contributed by atoms with Crippen molar-refractivity contribution in [2.45, 2.75) is 6.42 Å². The normalized spacial score (nSPS) is 12.2. The quantitative estimate of drug-likeness (QED) is 0.123. The van der Waals surface area contributed by atoms with Crippen molar-refractivity contribution in [1.29, 1.82) is 0 Å². The predicted molar refractivity (Wildman–Crippen MR) is 567 cm³/mol. The Morgan fingerprint density at radius 2 is 0.435 bits per heavy atom. The second kappa shape index (κ2) is 30.5. The van der Waals surface area contributed by atoms with E-state index in [1.54, 1.807) is 0 Å². The van der Waals surface area contributed by atoms with Crippen LogP contribution in [0.1, 0.15) is 11.1 Å². The fraction of sp³-hybridized carbons (Fsp3) is 0.00787. The second-order valence-electron chi connectivity index (χ2n) is 36.2. The maximum atomic E-state index is 6.45. The van der Waals surface area contributed by atoms with Gasteiger partial charge in [0.1, 0.15) is 33.5 Å². The molecule has 0 amide bonds.